The number of nitrogens with zero attached hydrogens (tertiary/aromatic N) is 4. The maximum atomic E-state index is 4.61. The minimum atomic E-state index is 0.887. The molecule has 4 nitrogen and oxygen atoms in total. The summed E-state index contributed by atoms with van der Waals surface area (Å²) >= 11 is 0. The lowest BCUT2D eigenvalue weighted by Gasteiger charge is -2.17. The van der Waals surface area contributed by atoms with Crippen LogP contribution in [0.3, 0.4) is 0 Å². The van der Waals surface area contributed by atoms with Crippen molar-refractivity contribution in [1.29, 1.82) is 0 Å². The molecule has 0 unspecified atom stereocenters. The molecule has 0 aliphatic rings. The van der Waals surface area contributed by atoms with Crippen molar-refractivity contribution in [3.05, 3.63) is 77.5 Å². The summed E-state index contributed by atoms with van der Waals surface area (Å²) in [4.78, 5) is 15.5. The van der Waals surface area contributed by atoms with Crippen LogP contribution in [-0.2, 0) is 13.1 Å². The standard InChI is InChI=1S/C20H22N4/c1-15-11-22-16(2)20(23-15)19-8-6-17(7-9-19)13-24(3)14-18-5-4-10-21-12-18/h4-12H,13-14H2,1-3H3. The maximum Gasteiger partial charge on any atom is 0.0917 e. The van der Waals surface area contributed by atoms with Crippen molar-refractivity contribution >= 4 is 0 Å². The minimum Gasteiger partial charge on any atom is -0.298 e. The number of rotatable bonds is 5. The Morgan fingerprint density at radius 3 is 2.38 bits per heavy atom. The summed E-state index contributed by atoms with van der Waals surface area (Å²) in [6.45, 7) is 5.75. The number of hydrogen-bond acceptors (Lipinski definition) is 4. The molecular formula is C20H22N4. The van der Waals surface area contributed by atoms with Gasteiger partial charge in [-0.3, -0.25) is 14.9 Å². The molecule has 122 valence electrons. The zero-order valence-electron chi connectivity index (χ0n) is 14.4. The van der Waals surface area contributed by atoms with Crippen molar-refractivity contribution < 1.29 is 0 Å². The molecule has 4 heteroatoms. The van der Waals surface area contributed by atoms with Crippen LogP contribution >= 0.6 is 0 Å². The first-order valence-electron chi connectivity index (χ1n) is 8.09. The number of aryl methyl sites for hydroxylation is 2. The molecule has 0 aliphatic carbocycles. The molecule has 0 bridgehead atoms. The zero-order chi connectivity index (χ0) is 16.9. The molecule has 0 spiro atoms. The normalized spacial score (nSPS) is 11.0. The molecule has 1 aromatic carbocycles. The summed E-state index contributed by atoms with van der Waals surface area (Å²) in [6, 6.07) is 12.7. The van der Waals surface area contributed by atoms with E-state index in [1.54, 1.807) is 12.4 Å². The molecule has 0 amide bonds. The first-order valence-corrected chi connectivity index (χ1v) is 8.09. The third kappa shape index (κ3) is 4.03. The molecule has 0 saturated carbocycles. The smallest absolute Gasteiger partial charge is 0.0917 e. The second-order valence-electron chi connectivity index (χ2n) is 6.18. The Morgan fingerprint density at radius 2 is 1.67 bits per heavy atom. The van der Waals surface area contributed by atoms with Crippen molar-refractivity contribution in [3.8, 4) is 11.3 Å². The molecule has 3 aromatic rings. The number of benzene rings is 1. The van der Waals surface area contributed by atoms with Gasteiger partial charge in [-0.2, -0.15) is 0 Å². The lowest BCUT2D eigenvalue weighted by molar-refractivity contribution is 0.318. The molecule has 0 saturated heterocycles. The molecule has 24 heavy (non-hydrogen) atoms. The number of aromatic nitrogens is 3. The van der Waals surface area contributed by atoms with E-state index < -0.39 is 0 Å². The monoisotopic (exact) mass is 318 g/mol. The number of hydrogen-bond donors (Lipinski definition) is 0. The van der Waals surface area contributed by atoms with Crippen LogP contribution in [0.25, 0.3) is 11.3 Å². The SMILES string of the molecule is Cc1cnc(C)c(-c2ccc(CN(C)Cc3cccnc3)cc2)n1. The van der Waals surface area contributed by atoms with Gasteiger partial charge in [-0.05, 0) is 38.1 Å². The Kier molecular flexibility index (Phi) is 4.96. The average Bonchev–Trinajstić information content (AvgIpc) is 2.59. The van der Waals surface area contributed by atoms with Gasteiger partial charge >= 0.3 is 0 Å². The highest BCUT2D eigenvalue weighted by Gasteiger charge is 2.07. The van der Waals surface area contributed by atoms with Crippen molar-refractivity contribution in [1.82, 2.24) is 19.9 Å². The van der Waals surface area contributed by atoms with E-state index in [-0.39, 0.29) is 0 Å². The van der Waals surface area contributed by atoms with Gasteiger partial charge in [-0.15, -0.1) is 0 Å². The van der Waals surface area contributed by atoms with Gasteiger partial charge in [0, 0.05) is 37.2 Å². The first-order chi connectivity index (χ1) is 11.6. The summed E-state index contributed by atoms with van der Waals surface area (Å²) in [5.74, 6) is 0. The van der Waals surface area contributed by atoms with Crippen LogP contribution in [0, 0.1) is 13.8 Å². The maximum absolute atomic E-state index is 4.61. The number of pyridine rings is 1. The van der Waals surface area contributed by atoms with Crippen molar-refractivity contribution in [2.45, 2.75) is 26.9 Å². The fourth-order valence-corrected chi connectivity index (χ4v) is 2.75. The molecule has 0 atom stereocenters. The first kappa shape index (κ1) is 16.3. The van der Waals surface area contributed by atoms with Gasteiger partial charge in [0.05, 0.1) is 17.1 Å². The summed E-state index contributed by atoms with van der Waals surface area (Å²) in [6.07, 6.45) is 5.53. The molecule has 3 rings (SSSR count). The highest BCUT2D eigenvalue weighted by atomic mass is 15.1. The van der Waals surface area contributed by atoms with Crippen molar-refractivity contribution in [2.75, 3.05) is 7.05 Å². The summed E-state index contributed by atoms with van der Waals surface area (Å²) in [7, 11) is 2.12. The molecule has 0 aliphatic heterocycles. The predicted molar refractivity (Wildman–Crippen MR) is 96.4 cm³/mol. The largest absolute Gasteiger partial charge is 0.298 e. The molecular weight excluding hydrogens is 296 g/mol. The van der Waals surface area contributed by atoms with Crippen molar-refractivity contribution in [2.24, 2.45) is 0 Å². The van der Waals surface area contributed by atoms with Gasteiger partial charge in [-0.1, -0.05) is 30.3 Å². The van der Waals surface area contributed by atoms with E-state index in [9.17, 15) is 0 Å². The van der Waals surface area contributed by atoms with E-state index in [0.29, 0.717) is 0 Å². The Labute approximate surface area is 143 Å². The summed E-state index contributed by atoms with van der Waals surface area (Å²) < 4.78 is 0. The lowest BCUT2D eigenvalue weighted by Crippen LogP contribution is -2.17. The van der Waals surface area contributed by atoms with E-state index in [4.69, 9.17) is 0 Å². The van der Waals surface area contributed by atoms with E-state index in [1.807, 2.05) is 26.1 Å². The fraction of sp³-hybridized carbons (Fsp3) is 0.250. The van der Waals surface area contributed by atoms with Gasteiger partial charge in [0.25, 0.3) is 0 Å². The Hall–Kier alpha value is -2.59. The zero-order valence-corrected chi connectivity index (χ0v) is 14.4. The predicted octanol–water partition coefficient (Wildman–Crippen LogP) is 3.79. The molecule has 0 N–H and O–H groups in total. The second-order valence-corrected chi connectivity index (χ2v) is 6.18. The van der Waals surface area contributed by atoms with Crippen LogP contribution in [0.4, 0.5) is 0 Å². The molecule has 2 heterocycles. The highest BCUT2D eigenvalue weighted by molar-refractivity contribution is 5.61. The minimum absolute atomic E-state index is 0.887. The topological polar surface area (TPSA) is 41.9 Å². The molecule has 2 aromatic heterocycles. The van der Waals surface area contributed by atoms with E-state index in [1.165, 1.54) is 11.1 Å². The highest BCUT2D eigenvalue weighted by Crippen LogP contribution is 2.21. The average molecular weight is 318 g/mol. The fourth-order valence-electron chi connectivity index (χ4n) is 2.75. The second kappa shape index (κ2) is 7.32. The Morgan fingerprint density at radius 1 is 0.917 bits per heavy atom. The van der Waals surface area contributed by atoms with Gasteiger partial charge in [-0.25, -0.2) is 4.98 Å². The van der Waals surface area contributed by atoms with Crippen LogP contribution in [-0.4, -0.2) is 26.9 Å². The van der Waals surface area contributed by atoms with Crippen LogP contribution in [0.15, 0.2) is 55.0 Å². The quantitative estimate of drug-likeness (QED) is 0.718. The van der Waals surface area contributed by atoms with Crippen LogP contribution in [0.2, 0.25) is 0 Å². The van der Waals surface area contributed by atoms with E-state index in [2.05, 4.69) is 57.2 Å². The van der Waals surface area contributed by atoms with Crippen LogP contribution in [0.5, 0.6) is 0 Å². The van der Waals surface area contributed by atoms with Gasteiger partial charge in [0.1, 0.15) is 0 Å². The van der Waals surface area contributed by atoms with Crippen molar-refractivity contribution in [3.63, 3.8) is 0 Å². The third-order valence-electron chi connectivity index (χ3n) is 3.93. The Balaban J connectivity index is 1.69. The summed E-state index contributed by atoms with van der Waals surface area (Å²) in [5.41, 5.74) is 6.48. The van der Waals surface area contributed by atoms with Gasteiger partial charge in [0.15, 0.2) is 0 Å². The van der Waals surface area contributed by atoms with Crippen LogP contribution in [0.1, 0.15) is 22.5 Å². The van der Waals surface area contributed by atoms with Gasteiger partial charge < -0.3 is 0 Å². The van der Waals surface area contributed by atoms with E-state index >= 15 is 0 Å². The van der Waals surface area contributed by atoms with E-state index in [0.717, 1.165) is 35.7 Å². The van der Waals surface area contributed by atoms with Gasteiger partial charge in [0.2, 0.25) is 0 Å². The Bertz CT molecular complexity index is 798. The molecule has 0 fully saturated rings. The summed E-state index contributed by atoms with van der Waals surface area (Å²) in [5, 5.41) is 0. The third-order valence-corrected chi connectivity index (χ3v) is 3.93. The molecule has 0 radical (unpaired) electrons. The van der Waals surface area contributed by atoms with Crippen LogP contribution < -0.4 is 0 Å². The lowest BCUT2D eigenvalue weighted by atomic mass is 10.1.